The molecule has 0 saturated carbocycles. The Hall–Kier alpha value is -2.73. The van der Waals surface area contributed by atoms with Crippen LogP contribution in [0.3, 0.4) is 0 Å². The Balaban J connectivity index is 2.22. The van der Waals surface area contributed by atoms with Crippen LogP contribution in [0.4, 0.5) is 11.4 Å². The number of nitrogens with zero attached hydrogens (tertiary/aromatic N) is 2. The Bertz CT molecular complexity index is 635. The summed E-state index contributed by atoms with van der Waals surface area (Å²) >= 11 is 0. The zero-order chi connectivity index (χ0) is 14.7. The van der Waals surface area contributed by atoms with Gasteiger partial charge in [-0.3, -0.25) is 20.1 Å². The summed E-state index contributed by atoms with van der Waals surface area (Å²) in [4.78, 5) is 22.0. The highest BCUT2D eigenvalue weighted by molar-refractivity contribution is 6.04. The number of carbonyl (C=O) groups is 1. The third kappa shape index (κ3) is 2.81. The molecule has 0 fully saturated rings. The fourth-order valence-corrected chi connectivity index (χ4v) is 1.65. The van der Waals surface area contributed by atoms with Gasteiger partial charge in [0.15, 0.2) is 0 Å². The first-order valence-corrected chi connectivity index (χ1v) is 5.83. The maximum atomic E-state index is 12.0. The van der Waals surface area contributed by atoms with Crippen molar-refractivity contribution in [3.63, 3.8) is 0 Å². The fraction of sp³-hybridized carbons (Fsp3) is 0.0714. The van der Waals surface area contributed by atoms with Crippen LogP contribution in [0.25, 0.3) is 0 Å². The van der Waals surface area contributed by atoms with Crippen LogP contribution in [-0.4, -0.2) is 16.0 Å². The van der Waals surface area contributed by atoms with E-state index in [1.165, 1.54) is 24.3 Å². The monoisotopic (exact) mass is 272 g/mol. The van der Waals surface area contributed by atoms with Crippen LogP contribution in [-0.2, 0) is 0 Å². The number of hydrogen-bond donors (Lipinski definition) is 1. The van der Waals surface area contributed by atoms with E-state index in [9.17, 15) is 20.1 Å². The molecule has 0 spiro atoms. The summed E-state index contributed by atoms with van der Waals surface area (Å²) in [6.45, 7) is 1.89. The first-order chi connectivity index (χ1) is 9.49. The van der Waals surface area contributed by atoms with Gasteiger partial charge in [0.25, 0.3) is 11.6 Å². The van der Waals surface area contributed by atoms with Crippen molar-refractivity contribution < 1.29 is 14.9 Å². The standard InChI is InChI=1S/C14H12N2O4/c1-10-2-6-12(7-3-10)15(18)14(17)11-4-8-13(9-5-11)16(19)20/h2-9,18H,1H3. The molecule has 1 amide bonds. The summed E-state index contributed by atoms with van der Waals surface area (Å²) in [6.07, 6.45) is 0. The summed E-state index contributed by atoms with van der Waals surface area (Å²) in [6, 6.07) is 11.8. The second-order valence-corrected chi connectivity index (χ2v) is 4.26. The zero-order valence-electron chi connectivity index (χ0n) is 10.7. The number of aryl methyl sites for hydroxylation is 1. The van der Waals surface area contributed by atoms with E-state index in [0.29, 0.717) is 10.8 Å². The average Bonchev–Trinajstić information content (AvgIpc) is 2.46. The Labute approximate surface area is 115 Å². The molecule has 6 nitrogen and oxygen atoms in total. The molecule has 0 aliphatic heterocycles. The zero-order valence-corrected chi connectivity index (χ0v) is 10.7. The van der Waals surface area contributed by atoms with Crippen LogP contribution in [0, 0.1) is 17.0 Å². The summed E-state index contributed by atoms with van der Waals surface area (Å²) in [5, 5.41) is 20.9. The van der Waals surface area contributed by atoms with Gasteiger partial charge in [-0.25, -0.2) is 0 Å². The Morgan fingerprint density at radius 3 is 2.15 bits per heavy atom. The van der Waals surface area contributed by atoms with Gasteiger partial charge in [-0.15, -0.1) is 0 Å². The number of amides is 1. The molecule has 2 rings (SSSR count). The molecular weight excluding hydrogens is 260 g/mol. The molecular formula is C14H12N2O4. The quantitative estimate of drug-likeness (QED) is 0.529. The first-order valence-electron chi connectivity index (χ1n) is 5.83. The van der Waals surface area contributed by atoms with Gasteiger partial charge >= 0.3 is 0 Å². The van der Waals surface area contributed by atoms with Crippen LogP contribution >= 0.6 is 0 Å². The molecule has 0 saturated heterocycles. The largest absolute Gasteiger partial charge is 0.281 e. The number of rotatable bonds is 3. The van der Waals surface area contributed by atoms with Crippen molar-refractivity contribution in [2.24, 2.45) is 0 Å². The predicted octanol–water partition coefficient (Wildman–Crippen LogP) is 2.94. The number of non-ortho nitro benzene ring substituents is 1. The normalized spacial score (nSPS) is 10.1. The lowest BCUT2D eigenvalue weighted by atomic mass is 10.1. The Kier molecular flexibility index (Phi) is 3.76. The van der Waals surface area contributed by atoms with Gasteiger partial charge in [-0.2, -0.15) is 5.06 Å². The third-order valence-corrected chi connectivity index (χ3v) is 2.80. The summed E-state index contributed by atoms with van der Waals surface area (Å²) in [5.74, 6) is -0.649. The highest BCUT2D eigenvalue weighted by Crippen LogP contribution is 2.18. The van der Waals surface area contributed by atoms with E-state index in [-0.39, 0.29) is 11.3 Å². The van der Waals surface area contributed by atoms with Crippen LogP contribution < -0.4 is 5.06 Å². The molecule has 2 aromatic rings. The molecule has 1 N–H and O–H groups in total. The van der Waals surface area contributed by atoms with E-state index in [1.54, 1.807) is 24.3 Å². The lowest BCUT2D eigenvalue weighted by Crippen LogP contribution is -2.26. The maximum Gasteiger partial charge on any atom is 0.281 e. The molecule has 20 heavy (non-hydrogen) atoms. The maximum absolute atomic E-state index is 12.0. The fourth-order valence-electron chi connectivity index (χ4n) is 1.65. The molecule has 2 aromatic carbocycles. The van der Waals surface area contributed by atoms with Crippen LogP contribution in [0.15, 0.2) is 48.5 Å². The minimum absolute atomic E-state index is 0.110. The summed E-state index contributed by atoms with van der Waals surface area (Å²) < 4.78 is 0. The predicted molar refractivity (Wildman–Crippen MR) is 72.9 cm³/mol. The van der Waals surface area contributed by atoms with Crippen molar-refractivity contribution in [1.29, 1.82) is 0 Å². The van der Waals surface area contributed by atoms with Crippen LogP contribution in [0.2, 0.25) is 0 Å². The smallest absolute Gasteiger partial charge is 0.281 e. The second-order valence-electron chi connectivity index (χ2n) is 4.26. The average molecular weight is 272 g/mol. The minimum Gasteiger partial charge on any atom is -0.281 e. The van der Waals surface area contributed by atoms with Gasteiger partial charge < -0.3 is 0 Å². The van der Waals surface area contributed by atoms with E-state index in [0.717, 1.165) is 5.56 Å². The molecule has 0 aliphatic rings. The van der Waals surface area contributed by atoms with E-state index in [4.69, 9.17) is 0 Å². The topological polar surface area (TPSA) is 83.7 Å². The molecule has 102 valence electrons. The molecule has 0 bridgehead atoms. The molecule has 0 heterocycles. The number of hydrogen-bond acceptors (Lipinski definition) is 4. The molecule has 6 heteroatoms. The van der Waals surface area contributed by atoms with Gasteiger partial charge in [0.1, 0.15) is 0 Å². The van der Waals surface area contributed by atoms with E-state index in [2.05, 4.69) is 0 Å². The van der Waals surface area contributed by atoms with Crippen molar-refractivity contribution >= 4 is 17.3 Å². The van der Waals surface area contributed by atoms with Gasteiger partial charge in [-0.1, -0.05) is 17.7 Å². The molecule has 0 aliphatic carbocycles. The second kappa shape index (κ2) is 5.50. The highest BCUT2D eigenvalue weighted by atomic mass is 16.6. The van der Waals surface area contributed by atoms with Crippen molar-refractivity contribution in [3.8, 4) is 0 Å². The lowest BCUT2D eigenvalue weighted by molar-refractivity contribution is -0.384. The van der Waals surface area contributed by atoms with Gasteiger partial charge in [0.2, 0.25) is 0 Å². The lowest BCUT2D eigenvalue weighted by Gasteiger charge is -2.15. The van der Waals surface area contributed by atoms with Gasteiger partial charge in [0.05, 0.1) is 10.6 Å². The first kappa shape index (κ1) is 13.7. The van der Waals surface area contributed by atoms with Crippen molar-refractivity contribution in [2.75, 3.05) is 5.06 Å². The number of hydroxylamine groups is 1. The highest BCUT2D eigenvalue weighted by Gasteiger charge is 2.16. The number of anilines is 1. The van der Waals surface area contributed by atoms with Crippen molar-refractivity contribution in [1.82, 2.24) is 0 Å². The summed E-state index contributed by atoms with van der Waals surface area (Å²) in [7, 11) is 0. The van der Waals surface area contributed by atoms with E-state index >= 15 is 0 Å². The number of benzene rings is 2. The van der Waals surface area contributed by atoms with E-state index < -0.39 is 10.8 Å². The summed E-state index contributed by atoms with van der Waals surface area (Å²) in [5.41, 5.74) is 1.39. The Morgan fingerprint density at radius 2 is 1.65 bits per heavy atom. The molecule has 0 radical (unpaired) electrons. The molecule has 0 unspecified atom stereocenters. The van der Waals surface area contributed by atoms with Crippen LogP contribution in [0.5, 0.6) is 0 Å². The van der Waals surface area contributed by atoms with Gasteiger partial charge in [0, 0.05) is 17.7 Å². The number of nitro benzene ring substituents is 1. The molecule has 0 atom stereocenters. The van der Waals surface area contributed by atoms with E-state index in [1.807, 2.05) is 6.92 Å². The SMILES string of the molecule is Cc1ccc(N(O)C(=O)c2ccc([N+](=O)[O-])cc2)cc1. The van der Waals surface area contributed by atoms with Gasteiger partial charge in [-0.05, 0) is 31.2 Å². The Morgan fingerprint density at radius 1 is 1.10 bits per heavy atom. The number of nitro groups is 1. The van der Waals surface area contributed by atoms with Crippen LogP contribution in [0.1, 0.15) is 15.9 Å². The third-order valence-electron chi connectivity index (χ3n) is 2.80. The molecule has 0 aromatic heterocycles. The number of carbonyl (C=O) groups excluding carboxylic acids is 1. The van der Waals surface area contributed by atoms with Crippen molar-refractivity contribution in [2.45, 2.75) is 6.92 Å². The minimum atomic E-state index is -0.649. The van der Waals surface area contributed by atoms with Crippen molar-refractivity contribution in [3.05, 3.63) is 69.8 Å².